The topological polar surface area (TPSA) is 67.6 Å². The van der Waals surface area contributed by atoms with Crippen LogP contribution >= 0.6 is 0 Å². The molecule has 5 heteroatoms. The van der Waals surface area contributed by atoms with Crippen LogP contribution < -0.4 is 15.8 Å². The van der Waals surface area contributed by atoms with Gasteiger partial charge in [-0.3, -0.25) is 0 Å². The lowest BCUT2D eigenvalue weighted by Gasteiger charge is -2.38. The number of hydrogen-bond donors (Lipinski definition) is 2. The minimum atomic E-state index is -0.0470. The van der Waals surface area contributed by atoms with Crippen molar-refractivity contribution in [3.8, 4) is 5.75 Å². The number of rotatable bonds is 3. The number of urea groups is 1. The molecule has 1 aliphatic heterocycles. The molecule has 1 heterocycles. The van der Waals surface area contributed by atoms with E-state index < -0.39 is 0 Å². The molecule has 3 N–H and O–H groups in total. The number of hydrogen-bond acceptors (Lipinski definition) is 3. The summed E-state index contributed by atoms with van der Waals surface area (Å²) in [5.41, 5.74) is 6.74. The first kappa shape index (κ1) is 14.7. The van der Waals surface area contributed by atoms with Gasteiger partial charge in [0.15, 0.2) is 0 Å². The van der Waals surface area contributed by atoms with Crippen molar-refractivity contribution in [1.29, 1.82) is 0 Å². The number of nitrogens with zero attached hydrogens (tertiary/aromatic N) is 1. The molecule has 0 spiro atoms. The normalized spacial score (nSPS) is 17.6. The smallest absolute Gasteiger partial charge is 0.321 e. The highest BCUT2D eigenvalue weighted by Crippen LogP contribution is 2.29. The Morgan fingerprint density at radius 2 is 1.95 bits per heavy atom. The molecule has 1 aromatic carbocycles. The molecule has 110 valence electrons. The molecule has 2 amide bonds. The van der Waals surface area contributed by atoms with Crippen LogP contribution in [0.1, 0.15) is 19.8 Å². The first-order valence-electron chi connectivity index (χ1n) is 6.96. The first-order chi connectivity index (χ1) is 9.56. The van der Waals surface area contributed by atoms with Gasteiger partial charge in [-0.05, 0) is 49.1 Å². The predicted molar refractivity (Wildman–Crippen MR) is 80.0 cm³/mol. The van der Waals surface area contributed by atoms with Gasteiger partial charge in [-0.15, -0.1) is 0 Å². The molecule has 0 atom stereocenters. The third kappa shape index (κ3) is 3.42. The fraction of sp³-hybridized carbons (Fsp3) is 0.533. The Balaban J connectivity index is 1.89. The molecule has 0 bridgehead atoms. The number of carbonyl (C=O) groups is 1. The van der Waals surface area contributed by atoms with Crippen LogP contribution in [0.15, 0.2) is 24.3 Å². The molecular weight excluding hydrogens is 254 g/mol. The number of piperidine rings is 1. The van der Waals surface area contributed by atoms with Gasteiger partial charge in [-0.2, -0.15) is 0 Å². The summed E-state index contributed by atoms with van der Waals surface area (Å²) in [6, 6.07) is 7.29. The molecule has 2 rings (SSSR count). The Morgan fingerprint density at radius 3 is 2.45 bits per heavy atom. The number of benzene rings is 1. The van der Waals surface area contributed by atoms with Gasteiger partial charge in [0, 0.05) is 18.8 Å². The van der Waals surface area contributed by atoms with E-state index in [1.807, 2.05) is 29.2 Å². The number of nitrogens with two attached hydrogens (primary N) is 1. The van der Waals surface area contributed by atoms with Crippen LogP contribution in [0.3, 0.4) is 0 Å². The molecule has 0 saturated carbocycles. The second-order valence-corrected chi connectivity index (χ2v) is 5.66. The summed E-state index contributed by atoms with van der Waals surface area (Å²) in [7, 11) is 1.62. The van der Waals surface area contributed by atoms with Crippen LogP contribution in [0, 0.1) is 5.41 Å². The van der Waals surface area contributed by atoms with Crippen molar-refractivity contribution in [3.63, 3.8) is 0 Å². The molecular formula is C15H23N3O2. The lowest BCUT2D eigenvalue weighted by molar-refractivity contribution is 0.141. The van der Waals surface area contributed by atoms with Gasteiger partial charge in [-0.1, -0.05) is 6.92 Å². The summed E-state index contributed by atoms with van der Waals surface area (Å²) >= 11 is 0. The average molecular weight is 277 g/mol. The summed E-state index contributed by atoms with van der Waals surface area (Å²) in [6.45, 7) is 4.39. The van der Waals surface area contributed by atoms with Crippen LogP contribution in [0.25, 0.3) is 0 Å². The number of anilines is 1. The molecule has 1 saturated heterocycles. The minimum absolute atomic E-state index is 0.0470. The van der Waals surface area contributed by atoms with E-state index in [0.717, 1.165) is 37.4 Å². The number of likely N-dealkylation sites (tertiary alicyclic amines) is 1. The molecule has 20 heavy (non-hydrogen) atoms. The van der Waals surface area contributed by atoms with Crippen molar-refractivity contribution >= 4 is 11.7 Å². The number of nitrogens with one attached hydrogen (secondary N) is 1. The van der Waals surface area contributed by atoms with Gasteiger partial charge in [0.2, 0.25) is 0 Å². The van der Waals surface area contributed by atoms with Crippen LogP contribution in [0.4, 0.5) is 10.5 Å². The predicted octanol–water partition coefficient (Wildman–Crippen LogP) is 2.29. The maximum Gasteiger partial charge on any atom is 0.321 e. The maximum absolute atomic E-state index is 12.2. The van der Waals surface area contributed by atoms with E-state index in [4.69, 9.17) is 10.5 Å². The standard InChI is InChI=1S/C15H23N3O2/c1-15(11-16)7-9-18(10-8-15)14(19)17-12-3-5-13(20-2)6-4-12/h3-6H,7-11,16H2,1-2H3,(H,17,19). The van der Waals surface area contributed by atoms with Crippen molar-refractivity contribution in [2.45, 2.75) is 19.8 Å². The van der Waals surface area contributed by atoms with Gasteiger partial charge in [0.05, 0.1) is 7.11 Å². The summed E-state index contributed by atoms with van der Waals surface area (Å²) in [5, 5.41) is 2.91. The number of methoxy groups -OCH3 is 1. The zero-order valence-corrected chi connectivity index (χ0v) is 12.2. The van der Waals surface area contributed by atoms with E-state index in [1.54, 1.807) is 7.11 Å². The van der Waals surface area contributed by atoms with E-state index in [-0.39, 0.29) is 11.4 Å². The van der Waals surface area contributed by atoms with Gasteiger partial charge in [0.25, 0.3) is 0 Å². The summed E-state index contributed by atoms with van der Waals surface area (Å²) in [5.74, 6) is 0.777. The second-order valence-electron chi connectivity index (χ2n) is 5.66. The lowest BCUT2D eigenvalue weighted by atomic mass is 9.81. The van der Waals surface area contributed by atoms with E-state index in [9.17, 15) is 4.79 Å². The quantitative estimate of drug-likeness (QED) is 0.890. The third-order valence-electron chi connectivity index (χ3n) is 4.09. The second kappa shape index (κ2) is 6.13. The maximum atomic E-state index is 12.2. The van der Waals surface area contributed by atoms with Gasteiger partial charge < -0.3 is 20.7 Å². The Morgan fingerprint density at radius 1 is 1.35 bits per heavy atom. The zero-order chi connectivity index (χ0) is 14.6. The molecule has 0 aromatic heterocycles. The largest absolute Gasteiger partial charge is 0.497 e. The highest BCUT2D eigenvalue weighted by Gasteiger charge is 2.30. The van der Waals surface area contributed by atoms with E-state index >= 15 is 0 Å². The van der Waals surface area contributed by atoms with Crippen molar-refractivity contribution < 1.29 is 9.53 Å². The Kier molecular flexibility index (Phi) is 4.49. The zero-order valence-electron chi connectivity index (χ0n) is 12.2. The molecule has 0 unspecified atom stereocenters. The average Bonchev–Trinajstić information content (AvgIpc) is 2.48. The van der Waals surface area contributed by atoms with Crippen LogP contribution in [-0.4, -0.2) is 37.7 Å². The molecule has 1 aromatic rings. The van der Waals surface area contributed by atoms with E-state index in [0.29, 0.717) is 6.54 Å². The van der Waals surface area contributed by atoms with Gasteiger partial charge >= 0.3 is 6.03 Å². The Labute approximate surface area is 120 Å². The highest BCUT2D eigenvalue weighted by atomic mass is 16.5. The fourth-order valence-corrected chi connectivity index (χ4v) is 2.33. The molecule has 0 aliphatic carbocycles. The summed E-state index contributed by atoms with van der Waals surface area (Å²) < 4.78 is 5.09. The van der Waals surface area contributed by atoms with Gasteiger partial charge in [-0.25, -0.2) is 4.79 Å². The monoisotopic (exact) mass is 277 g/mol. The highest BCUT2D eigenvalue weighted by molar-refractivity contribution is 5.89. The van der Waals surface area contributed by atoms with Crippen molar-refractivity contribution in [2.75, 3.05) is 32.1 Å². The first-order valence-corrected chi connectivity index (χ1v) is 6.96. The summed E-state index contributed by atoms with van der Waals surface area (Å²) in [6.07, 6.45) is 1.92. The Bertz CT molecular complexity index is 451. The third-order valence-corrected chi connectivity index (χ3v) is 4.09. The van der Waals surface area contributed by atoms with Crippen molar-refractivity contribution in [3.05, 3.63) is 24.3 Å². The molecule has 1 aliphatic rings. The molecule has 0 radical (unpaired) electrons. The van der Waals surface area contributed by atoms with E-state index in [2.05, 4.69) is 12.2 Å². The fourth-order valence-electron chi connectivity index (χ4n) is 2.33. The van der Waals surface area contributed by atoms with Crippen LogP contribution in [0.2, 0.25) is 0 Å². The lowest BCUT2D eigenvalue weighted by Crippen LogP contribution is -2.46. The minimum Gasteiger partial charge on any atom is -0.497 e. The van der Waals surface area contributed by atoms with Gasteiger partial charge in [0.1, 0.15) is 5.75 Å². The molecule has 1 fully saturated rings. The Hall–Kier alpha value is -1.75. The van der Waals surface area contributed by atoms with Crippen LogP contribution in [-0.2, 0) is 0 Å². The van der Waals surface area contributed by atoms with Crippen LogP contribution in [0.5, 0.6) is 5.75 Å². The number of ether oxygens (including phenoxy) is 1. The van der Waals surface area contributed by atoms with Crippen molar-refractivity contribution in [1.82, 2.24) is 4.90 Å². The SMILES string of the molecule is COc1ccc(NC(=O)N2CCC(C)(CN)CC2)cc1. The summed E-state index contributed by atoms with van der Waals surface area (Å²) in [4.78, 5) is 14.0. The number of amides is 2. The number of carbonyl (C=O) groups excluding carboxylic acids is 1. The molecule has 5 nitrogen and oxygen atoms in total. The van der Waals surface area contributed by atoms with E-state index in [1.165, 1.54) is 0 Å². The van der Waals surface area contributed by atoms with Crippen molar-refractivity contribution in [2.24, 2.45) is 11.1 Å².